The predicted octanol–water partition coefficient (Wildman–Crippen LogP) is 3.53. The number of ether oxygens (including phenoxy) is 1. The average Bonchev–Trinajstić information content (AvgIpc) is 3.50. The molecule has 0 spiro atoms. The normalized spacial score (nSPS) is 19.3. The highest BCUT2D eigenvalue weighted by Gasteiger charge is 2.32. The van der Waals surface area contributed by atoms with Gasteiger partial charge >= 0.3 is 0 Å². The molecule has 0 bridgehead atoms. The Labute approximate surface area is 205 Å². The third-order valence-electron chi connectivity index (χ3n) is 7.62. The maximum absolute atomic E-state index is 13.9. The zero-order valence-electron chi connectivity index (χ0n) is 21.3. The first-order valence-electron chi connectivity index (χ1n) is 13.2. The molecule has 2 aliphatic heterocycles. The maximum atomic E-state index is 13.9. The summed E-state index contributed by atoms with van der Waals surface area (Å²) in [7, 11) is 0. The number of carbonyl (C=O) groups excluding carboxylic acids is 1. The van der Waals surface area contributed by atoms with Gasteiger partial charge < -0.3 is 14.2 Å². The Morgan fingerprint density at radius 2 is 1.76 bits per heavy atom. The van der Waals surface area contributed by atoms with Crippen molar-refractivity contribution in [1.29, 1.82) is 0 Å². The van der Waals surface area contributed by atoms with Gasteiger partial charge in [-0.2, -0.15) is 0 Å². The minimum absolute atomic E-state index is 0.209. The molecule has 6 heteroatoms. The second kappa shape index (κ2) is 12.0. The highest BCUT2D eigenvalue weighted by molar-refractivity contribution is 5.96. The van der Waals surface area contributed by atoms with E-state index in [1.54, 1.807) is 0 Å². The van der Waals surface area contributed by atoms with Crippen LogP contribution in [0.15, 0.2) is 36.4 Å². The Morgan fingerprint density at radius 1 is 1.03 bits per heavy atom. The molecule has 2 fully saturated rings. The lowest BCUT2D eigenvalue weighted by Crippen LogP contribution is -2.39. The van der Waals surface area contributed by atoms with E-state index in [1.807, 2.05) is 0 Å². The van der Waals surface area contributed by atoms with E-state index in [0.717, 1.165) is 90.4 Å². The lowest BCUT2D eigenvalue weighted by atomic mass is 10.1. The summed E-state index contributed by atoms with van der Waals surface area (Å²) in [6.45, 7) is 15.9. The van der Waals surface area contributed by atoms with Crippen LogP contribution in [0.1, 0.15) is 54.5 Å². The molecule has 6 nitrogen and oxygen atoms in total. The molecule has 1 atom stereocenters. The van der Waals surface area contributed by atoms with Gasteiger partial charge in [0.15, 0.2) is 0 Å². The highest BCUT2D eigenvalue weighted by atomic mass is 16.5. The first-order chi connectivity index (χ1) is 16.6. The summed E-state index contributed by atoms with van der Waals surface area (Å²) in [6, 6.07) is 13.2. The summed E-state index contributed by atoms with van der Waals surface area (Å²) >= 11 is 0. The van der Waals surface area contributed by atoms with Gasteiger partial charge in [0.1, 0.15) is 0 Å². The molecule has 1 aromatic heterocycles. The molecule has 186 valence electrons. The number of morpholine rings is 1. The lowest BCUT2D eigenvalue weighted by Gasteiger charge is -2.27. The predicted molar refractivity (Wildman–Crippen MR) is 138 cm³/mol. The third-order valence-corrected chi connectivity index (χ3v) is 7.62. The number of nitrogens with zero attached hydrogens (tertiary/aromatic N) is 4. The number of rotatable bonds is 10. The Kier molecular flexibility index (Phi) is 8.81. The summed E-state index contributed by atoms with van der Waals surface area (Å²) in [5.74, 6) is 0.209. The number of amides is 1. The van der Waals surface area contributed by atoms with Crippen molar-refractivity contribution in [2.45, 2.75) is 52.6 Å². The van der Waals surface area contributed by atoms with E-state index < -0.39 is 0 Å². The lowest BCUT2D eigenvalue weighted by molar-refractivity contribution is 0.0362. The Hall–Kier alpha value is -2.15. The minimum atomic E-state index is 0.209. The molecule has 34 heavy (non-hydrogen) atoms. The van der Waals surface area contributed by atoms with Gasteiger partial charge in [-0.15, -0.1) is 0 Å². The topological polar surface area (TPSA) is 41.0 Å². The van der Waals surface area contributed by atoms with Crippen LogP contribution in [-0.2, 0) is 24.1 Å². The van der Waals surface area contributed by atoms with Crippen LogP contribution in [0.4, 0.5) is 0 Å². The first-order valence-corrected chi connectivity index (χ1v) is 13.2. The van der Waals surface area contributed by atoms with Crippen molar-refractivity contribution in [1.82, 2.24) is 19.3 Å². The smallest absolute Gasteiger partial charge is 0.255 e. The molecular formula is C28H42N4O2. The van der Waals surface area contributed by atoms with Crippen molar-refractivity contribution in [3.63, 3.8) is 0 Å². The van der Waals surface area contributed by atoms with Crippen LogP contribution in [-0.4, -0.2) is 90.2 Å². The number of aryl methyl sites for hydroxylation is 1. The summed E-state index contributed by atoms with van der Waals surface area (Å²) in [4.78, 5) is 20.9. The SMILES string of the molecule is CCc1cc(C(=O)N2CCC(N(CC)CC)C2)c(Cc2ccccc2)n1CCN1CCOCC1. The van der Waals surface area contributed by atoms with Crippen molar-refractivity contribution in [2.75, 3.05) is 59.0 Å². The second-order valence-electron chi connectivity index (χ2n) is 9.53. The fourth-order valence-electron chi connectivity index (χ4n) is 5.58. The Morgan fingerprint density at radius 3 is 2.44 bits per heavy atom. The molecular weight excluding hydrogens is 424 g/mol. The van der Waals surface area contributed by atoms with Crippen molar-refractivity contribution in [2.24, 2.45) is 0 Å². The molecule has 1 unspecified atom stereocenters. The number of hydrogen-bond donors (Lipinski definition) is 0. The van der Waals surface area contributed by atoms with Gasteiger partial charge in [0.05, 0.1) is 18.8 Å². The van der Waals surface area contributed by atoms with Crippen LogP contribution in [0.3, 0.4) is 0 Å². The van der Waals surface area contributed by atoms with Crippen LogP contribution >= 0.6 is 0 Å². The molecule has 3 heterocycles. The minimum Gasteiger partial charge on any atom is -0.379 e. The molecule has 1 aromatic carbocycles. The van der Waals surface area contributed by atoms with E-state index in [1.165, 1.54) is 17.0 Å². The zero-order chi connectivity index (χ0) is 23.9. The number of likely N-dealkylation sites (tertiary alicyclic amines) is 1. The van der Waals surface area contributed by atoms with Crippen LogP contribution < -0.4 is 0 Å². The number of hydrogen-bond acceptors (Lipinski definition) is 4. The van der Waals surface area contributed by atoms with Crippen LogP contribution in [0.25, 0.3) is 0 Å². The summed E-state index contributed by atoms with van der Waals surface area (Å²) in [6.07, 6.45) is 2.79. The van der Waals surface area contributed by atoms with Crippen molar-refractivity contribution in [3.8, 4) is 0 Å². The van der Waals surface area contributed by atoms with E-state index in [9.17, 15) is 4.79 Å². The molecule has 2 aliphatic rings. The van der Waals surface area contributed by atoms with E-state index in [2.05, 4.69) is 76.4 Å². The molecule has 0 saturated carbocycles. The van der Waals surface area contributed by atoms with E-state index in [0.29, 0.717) is 6.04 Å². The fourth-order valence-corrected chi connectivity index (χ4v) is 5.58. The third kappa shape index (κ3) is 5.73. The number of likely N-dealkylation sites (N-methyl/N-ethyl adjacent to an activating group) is 1. The van der Waals surface area contributed by atoms with E-state index >= 15 is 0 Å². The summed E-state index contributed by atoms with van der Waals surface area (Å²) in [5, 5.41) is 0. The second-order valence-corrected chi connectivity index (χ2v) is 9.53. The Bertz CT molecular complexity index is 916. The van der Waals surface area contributed by atoms with Gasteiger partial charge in [-0.25, -0.2) is 0 Å². The van der Waals surface area contributed by atoms with Gasteiger partial charge in [-0.3, -0.25) is 14.6 Å². The van der Waals surface area contributed by atoms with E-state index in [4.69, 9.17) is 4.74 Å². The summed E-state index contributed by atoms with van der Waals surface area (Å²) < 4.78 is 7.97. The molecule has 0 radical (unpaired) electrons. The standard InChI is InChI=1S/C28H42N4O2/c1-4-24-21-26(28(33)31-13-12-25(22-31)30(5-2)6-3)27(20-23-10-8-7-9-11-23)32(24)15-14-29-16-18-34-19-17-29/h7-11,21,25H,4-6,12-20,22H2,1-3H3. The van der Waals surface area contributed by atoms with Crippen LogP contribution in [0.2, 0.25) is 0 Å². The molecule has 0 aliphatic carbocycles. The average molecular weight is 467 g/mol. The molecule has 4 rings (SSSR count). The molecule has 1 amide bonds. The fraction of sp³-hybridized carbons (Fsp3) is 0.607. The largest absolute Gasteiger partial charge is 0.379 e. The molecule has 0 N–H and O–H groups in total. The molecule has 2 aromatic rings. The van der Waals surface area contributed by atoms with E-state index in [-0.39, 0.29) is 5.91 Å². The van der Waals surface area contributed by atoms with Crippen molar-refractivity contribution in [3.05, 3.63) is 58.9 Å². The van der Waals surface area contributed by atoms with Gasteiger partial charge in [-0.05, 0) is 37.6 Å². The number of carbonyl (C=O) groups is 1. The monoisotopic (exact) mass is 466 g/mol. The quantitative estimate of drug-likeness (QED) is 0.537. The molecule has 2 saturated heterocycles. The zero-order valence-corrected chi connectivity index (χ0v) is 21.3. The summed E-state index contributed by atoms with van der Waals surface area (Å²) in [5.41, 5.74) is 4.60. The van der Waals surface area contributed by atoms with Gasteiger partial charge in [0.25, 0.3) is 5.91 Å². The van der Waals surface area contributed by atoms with Crippen LogP contribution in [0.5, 0.6) is 0 Å². The maximum Gasteiger partial charge on any atom is 0.255 e. The number of benzene rings is 1. The highest BCUT2D eigenvalue weighted by Crippen LogP contribution is 2.25. The van der Waals surface area contributed by atoms with Gasteiger partial charge in [-0.1, -0.05) is 51.1 Å². The first kappa shape index (κ1) is 25.0. The van der Waals surface area contributed by atoms with Crippen molar-refractivity contribution >= 4 is 5.91 Å². The van der Waals surface area contributed by atoms with Crippen LogP contribution in [0, 0.1) is 0 Å². The van der Waals surface area contributed by atoms with Gasteiger partial charge in [0.2, 0.25) is 0 Å². The van der Waals surface area contributed by atoms with Gasteiger partial charge in [0, 0.05) is 63.1 Å². The van der Waals surface area contributed by atoms with Crippen molar-refractivity contribution < 1.29 is 9.53 Å². The number of aromatic nitrogens is 1. The Balaban J connectivity index is 1.60.